The number of thiazole rings is 1. The van der Waals surface area contributed by atoms with Crippen LogP contribution in [0.1, 0.15) is 51.5 Å². The first kappa shape index (κ1) is 19.9. The van der Waals surface area contributed by atoms with Crippen molar-refractivity contribution in [3.05, 3.63) is 82.1 Å². The van der Waals surface area contributed by atoms with Gasteiger partial charge < -0.3 is 8.83 Å². The van der Waals surface area contributed by atoms with Crippen LogP contribution >= 0.6 is 11.3 Å². The van der Waals surface area contributed by atoms with Crippen molar-refractivity contribution in [3.8, 4) is 10.8 Å². The highest BCUT2D eigenvalue weighted by atomic mass is 32.1. The number of hydrogen-bond donors (Lipinski definition) is 0. The lowest BCUT2D eigenvalue weighted by Crippen LogP contribution is -1.99. The number of ketones is 2. The Morgan fingerprint density at radius 3 is 2.24 bits per heavy atom. The number of furan rings is 2. The zero-order valence-corrected chi connectivity index (χ0v) is 18.9. The van der Waals surface area contributed by atoms with Crippen molar-refractivity contribution in [1.82, 2.24) is 4.98 Å². The molecule has 6 rings (SSSR count). The van der Waals surface area contributed by atoms with Crippen molar-refractivity contribution >= 4 is 50.4 Å². The molecule has 0 unspecified atom stereocenters. The van der Waals surface area contributed by atoms with Crippen molar-refractivity contribution in [2.75, 3.05) is 0 Å². The molecule has 5 aromatic rings. The summed E-state index contributed by atoms with van der Waals surface area (Å²) in [7, 11) is 0. The highest BCUT2D eigenvalue weighted by Gasteiger charge is 2.34. The molecule has 0 spiro atoms. The molecule has 5 nitrogen and oxygen atoms in total. The molecular weight excluding hydrogens is 434 g/mol. The van der Waals surface area contributed by atoms with Gasteiger partial charge in [0.25, 0.3) is 0 Å². The Labute approximate surface area is 193 Å². The Balaban J connectivity index is 1.35. The van der Waals surface area contributed by atoms with Crippen molar-refractivity contribution in [2.24, 2.45) is 0 Å². The van der Waals surface area contributed by atoms with Crippen LogP contribution in [0.5, 0.6) is 0 Å². The Bertz CT molecular complexity index is 1520. The minimum absolute atomic E-state index is 0.138. The van der Waals surface area contributed by atoms with Crippen LogP contribution in [0.4, 0.5) is 0 Å². The molecule has 3 heterocycles. The second-order valence-electron chi connectivity index (χ2n) is 8.08. The van der Waals surface area contributed by atoms with E-state index in [-0.39, 0.29) is 17.1 Å². The summed E-state index contributed by atoms with van der Waals surface area (Å²) in [5.41, 5.74) is 4.59. The number of aromatic nitrogens is 1. The summed E-state index contributed by atoms with van der Waals surface area (Å²) in [6.45, 7) is 4.11. The summed E-state index contributed by atoms with van der Waals surface area (Å²) in [5.74, 6) is 0.629. The van der Waals surface area contributed by atoms with Gasteiger partial charge >= 0.3 is 0 Å². The maximum Gasteiger partial charge on any atom is 0.238 e. The van der Waals surface area contributed by atoms with Crippen LogP contribution in [0, 0.1) is 0 Å². The Morgan fingerprint density at radius 2 is 1.61 bits per heavy atom. The monoisotopic (exact) mass is 453 g/mol. The highest BCUT2D eigenvalue weighted by molar-refractivity contribution is 7.21. The molecule has 1 aliphatic rings. The third-order valence-corrected chi connectivity index (χ3v) is 7.11. The molecule has 0 radical (unpaired) electrons. The molecule has 0 atom stereocenters. The third-order valence-electron chi connectivity index (χ3n) is 6.11. The summed E-state index contributed by atoms with van der Waals surface area (Å²) in [6.07, 6.45) is 3.19. The van der Waals surface area contributed by atoms with Crippen LogP contribution in [-0.4, -0.2) is 16.6 Å². The first-order chi connectivity index (χ1) is 16.1. The fourth-order valence-electron chi connectivity index (χ4n) is 4.41. The van der Waals surface area contributed by atoms with Crippen molar-refractivity contribution in [3.63, 3.8) is 0 Å². The maximum atomic E-state index is 13.0. The third kappa shape index (κ3) is 3.09. The van der Waals surface area contributed by atoms with Crippen LogP contribution in [0.25, 0.3) is 38.2 Å². The topological polar surface area (TPSA) is 73.3 Å². The van der Waals surface area contributed by atoms with Crippen molar-refractivity contribution in [1.29, 1.82) is 0 Å². The van der Waals surface area contributed by atoms with Gasteiger partial charge in [0.15, 0.2) is 22.3 Å². The number of nitrogens with zero attached hydrogens (tertiary/aromatic N) is 1. The van der Waals surface area contributed by atoms with Gasteiger partial charge in [-0.2, -0.15) is 4.98 Å². The van der Waals surface area contributed by atoms with Gasteiger partial charge in [0.1, 0.15) is 11.3 Å². The fourth-order valence-corrected chi connectivity index (χ4v) is 5.29. The van der Waals surface area contributed by atoms with Gasteiger partial charge in [-0.05, 0) is 54.3 Å². The number of para-hydroxylation sites is 1. The van der Waals surface area contributed by atoms with E-state index in [1.165, 1.54) is 17.4 Å². The normalized spacial score (nSPS) is 13.5. The predicted molar refractivity (Wildman–Crippen MR) is 129 cm³/mol. The van der Waals surface area contributed by atoms with Crippen LogP contribution in [-0.2, 0) is 12.8 Å². The van der Waals surface area contributed by atoms with Crippen LogP contribution < -0.4 is 0 Å². The van der Waals surface area contributed by atoms with Gasteiger partial charge in [0.05, 0.1) is 10.3 Å². The standard InChI is InChI=1S/C27H19NO4S/c1-3-14-9-18-19(10-15(14)4-2)25(30)20(24(18)29)12-17-13-23-26(31-17)28-27(33-23)22-11-16-7-5-6-8-21(16)32-22/h5-13H,3-4H2,1-2H3. The van der Waals surface area contributed by atoms with E-state index in [0.717, 1.165) is 44.6 Å². The molecule has 0 fully saturated rings. The number of Topliss-reactive ketones (excluding diaryl/α,β-unsaturated/α-hetero) is 2. The average molecular weight is 454 g/mol. The Hall–Kier alpha value is -3.77. The molecule has 0 saturated heterocycles. The Morgan fingerprint density at radius 1 is 0.909 bits per heavy atom. The number of allylic oxidation sites excluding steroid dienone is 1. The zero-order valence-electron chi connectivity index (χ0n) is 18.1. The predicted octanol–water partition coefficient (Wildman–Crippen LogP) is 6.89. The molecule has 6 heteroatoms. The molecule has 33 heavy (non-hydrogen) atoms. The molecule has 0 amide bonds. The van der Waals surface area contributed by atoms with Gasteiger partial charge in [-0.15, -0.1) is 11.3 Å². The summed E-state index contributed by atoms with van der Waals surface area (Å²) in [5, 5.41) is 1.73. The fraction of sp³-hybridized carbons (Fsp3) is 0.148. The number of benzene rings is 2. The Kier molecular flexibility index (Phi) is 4.45. The summed E-state index contributed by atoms with van der Waals surface area (Å²) in [4.78, 5) is 30.6. The van der Waals surface area contributed by atoms with E-state index in [4.69, 9.17) is 8.83 Å². The lowest BCUT2D eigenvalue weighted by Gasteiger charge is -2.07. The number of carbonyl (C=O) groups is 2. The number of hydrogen-bond acceptors (Lipinski definition) is 6. The van der Waals surface area contributed by atoms with Crippen molar-refractivity contribution in [2.45, 2.75) is 26.7 Å². The van der Waals surface area contributed by atoms with Crippen LogP contribution in [0.2, 0.25) is 0 Å². The largest absolute Gasteiger partial charge is 0.454 e. The lowest BCUT2D eigenvalue weighted by molar-refractivity contribution is 0.0990. The van der Waals surface area contributed by atoms with Gasteiger partial charge in [-0.3, -0.25) is 9.59 Å². The van der Waals surface area contributed by atoms with Crippen molar-refractivity contribution < 1.29 is 18.4 Å². The summed E-state index contributed by atoms with van der Waals surface area (Å²) in [6, 6.07) is 15.3. The molecule has 0 N–H and O–H groups in total. The van der Waals surface area contributed by atoms with Gasteiger partial charge in [0, 0.05) is 22.6 Å². The molecule has 2 aromatic carbocycles. The maximum absolute atomic E-state index is 13.0. The minimum atomic E-state index is -0.247. The van der Waals surface area contributed by atoms with E-state index in [1.54, 1.807) is 0 Å². The van der Waals surface area contributed by atoms with Gasteiger partial charge in [-0.1, -0.05) is 32.0 Å². The van der Waals surface area contributed by atoms with E-state index in [1.807, 2.05) is 48.5 Å². The van der Waals surface area contributed by atoms with Gasteiger partial charge in [0.2, 0.25) is 5.71 Å². The van der Waals surface area contributed by atoms with E-state index < -0.39 is 0 Å². The number of rotatable bonds is 4. The molecule has 3 aromatic heterocycles. The second-order valence-corrected chi connectivity index (χ2v) is 9.11. The smallest absolute Gasteiger partial charge is 0.238 e. The minimum Gasteiger partial charge on any atom is -0.454 e. The lowest BCUT2D eigenvalue weighted by atomic mass is 9.96. The van der Waals surface area contributed by atoms with E-state index in [0.29, 0.717) is 28.4 Å². The van der Waals surface area contributed by atoms with Crippen LogP contribution in [0.3, 0.4) is 0 Å². The molecular formula is C27H19NO4S. The highest BCUT2D eigenvalue weighted by Crippen LogP contribution is 2.36. The molecule has 0 aliphatic heterocycles. The zero-order chi connectivity index (χ0) is 22.7. The molecule has 162 valence electrons. The van der Waals surface area contributed by atoms with E-state index in [2.05, 4.69) is 18.8 Å². The van der Waals surface area contributed by atoms with E-state index in [9.17, 15) is 9.59 Å². The number of fused-ring (bicyclic) bond motifs is 3. The van der Waals surface area contributed by atoms with Gasteiger partial charge in [-0.25, -0.2) is 0 Å². The first-order valence-corrected chi connectivity index (χ1v) is 11.7. The second kappa shape index (κ2) is 7.39. The SMILES string of the molecule is CCc1cc2c(cc1CC)C(=O)C(=Cc1cc3sc(-c4cc5ccccc5o4)nc3o1)C2=O. The molecule has 0 bridgehead atoms. The summed E-state index contributed by atoms with van der Waals surface area (Å²) < 4.78 is 12.6. The number of aryl methyl sites for hydroxylation is 2. The molecule has 0 saturated carbocycles. The quantitative estimate of drug-likeness (QED) is 0.219. The average Bonchev–Trinajstić information content (AvgIpc) is 3.56. The molecule has 1 aliphatic carbocycles. The van der Waals surface area contributed by atoms with E-state index >= 15 is 0 Å². The number of carbonyl (C=O) groups excluding carboxylic acids is 2. The van der Waals surface area contributed by atoms with Crippen LogP contribution in [0.15, 0.2) is 62.9 Å². The summed E-state index contributed by atoms with van der Waals surface area (Å²) >= 11 is 1.45. The first-order valence-electron chi connectivity index (χ1n) is 10.9.